The molecule has 2 nitrogen and oxygen atoms in total. The van der Waals surface area contributed by atoms with E-state index in [9.17, 15) is 4.79 Å². The zero-order valence-electron chi connectivity index (χ0n) is 10.4. The van der Waals surface area contributed by atoms with Gasteiger partial charge in [0.1, 0.15) is 0 Å². The molecule has 98 valence electrons. The van der Waals surface area contributed by atoms with E-state index in [0.717, 1.165) is 27.7 Å². The number of nitrogens with one attached hydrogen (secondary N) is 1. The summed E-state index contributed by atoms with van der Waals surface area (Å²) in [6.45, 7) is 2.13. The highest BCUT2D eigenvalue weighted by atomic mass is 79.9. The van der Waals surface area contributed by atoms with E-state index in [1.807, 2.05) is 18.2 Å². The van der Waals surface area contributed by atoms with Gasteiger partial charge in [-0.05, 0) is 52.9 Å². The minimum Gasteiger partial charge on any atom is -0.349 e. The first-order valence-electron chi connectivity index (χ1n) is 6.36. The second-order valence-corrected chi connectivity index (χ2v) is 6.65. The standard InChI is InChI=1S/C14H17Br2NO/c1-2-11(7-9-3-4-9)17-14(18)12-6-5-10(15)8-13(12)16/h5-6,8-9,11H,2-4,7H2,1H3,(H,17,18). The van der Waals surface area contributed by atoms with Crippen LogP contribution in [0.1, 0.15) is 43.0 Å². The van der Waals surface area contributed by atoms with Crippen molar-refractivity contribution in [3.05, 3.63) is 32.7 Å². The van der Waals surface area contributed by atoms with Crippen molar-refractivity contribution in [1.82, 2.24) is 5.32 Å². The third-order valence-electron chi connectivity index (χ3n) is 3.32. The maximum atomic E-state index is 12.2. The average molecular weight is 375 g/mol. The summed E-state index contributed by atoms with van der Waals surface area (Å²) in [7, 11) is 0. The largest absolute Gasteiger partial charge is 0.349 e. The van der Waals surface area contributed by atoms with Crippen LogP contribution in [-0.4, -0.2) is 11.9 Å². The van der Waals surface area contributed by atoms with Crippen molar-refractivity contribution in [1.29, 1.82) is 0 Å². The highest BCUT2D eigenvalue weighted by Gasteiger charge is 2.25. The second kappa shape index (κ2) is 6.20. The smallest absolute Gasteiger partial charge is 0.252 e. The number of amides is 1. The number of hydrogen-bond donors (Lipinski definition) is 1. The van der Waals surface area contributed by atoms with Gasteiger partial charge in [0, 0.05) is 15.0 Å². The number of hydrogen-bond acceptors (Lipinski definition) is 1. The lowest BCUT2D eigenvalue weighted by Gasteiger charge is -2.17. The van der Waals surface area contributed by atoms with Crippen molar-refractivity contribution < 1.29 is 4.79 Å². The molecule has 18 heavy (non-hydrogen) atoms. The van der Waals surface area contributed by atoms with Crippen molar-refractivity contribution in [3.63, 3.8) is 0 Å². The predicted octanol–water partition coefficient (Wildman–Crippen LogP) is 4.52. The van der Waals surface area contributed by atoms with Crippen molar-refractivity contribution >= 4 is 37.8 Å². The van der Waals surface area contributed by atoms with Gasteiger partial charge in [-0.2, -0.15) is 0 Å². The minimum atomic E-state index is 0.0156. The van der Waals surface area contributed by atoms with Gasteiger partial charge in [0.25, 0.3) is 5.91 Å². The van der Waals surface area contributed by atoms with Crippen LogP contribution >= 0.6 is 31.9 Å². The van der Waals surface area contributed by atoms with Crippen LogP contribution in [0.15, 0.2) is 27.1 Å². The molecule has 0 spiro atoms. The molecule has 4 heteroatoms. The summed E-state index contributed by atoms with van der Waals surface area (Å²) < 4.78 is 1.80. The Balaban J connectivity index is 2.00. The molecule has 0 aromatic heterocycles. The van der Waals surface area contributed by atoms with Crippen LogP contribution in [0.5, 0.6) is 0 Å². The number of halogens is 2. The second-order valence-electron chi connectivity index (χ2n) is 4.88. The summed E-state index contributed by atoms with van der Waals surface area (Å²) in [5, 5.41) is 3.13. The summed E-state index contributed by atoms with van der Waals surface area (Å²) in [6, 6.07) is 5.94. The van der Waals surface area contributed by atoms with Gasteiger partial charge in [0.15, 0.2) is 0 Å². The molecule has 1 aromatic carbocycles. The van der Waals surface area contributed by atoms with E-state index in [-0.39, 0.29) is 5.91 Å². The lowest BCUT2D eigenvalue weighted by atomic mass is 10.1. The zero-order chi connectivity index (χ0) is 13.1. The van der Waals surface area contributed by atoms with Crippen molar-refractivity contribution in [3.8, 4) is 0 Å². The van der Waals surface area contributed by atoms with Crippen LogP contribution in [0.3, 0.4) is 0 Å². The van der Waals surface area contributed by atoms with Gasteiger partial charge >= 0.3 is 0 Å². The average Bonchev–Trinajstić information content (AvgIpc) is 3.11. The van der Waals surface area contributed by atoms with Crippen LogP contribution < -0.4 is 5.32 Å². The molecule has 0 bridgehead atoms. The Bertz CT molecular complexity index is 443. The van der Waals surface area contributed by atoms with E-state index in [1.165, 1.54) is 12.8 Å². The molecule has 1 N–H and O–H groups in total. The van der Waals surface area contributed by atoms with E-state index in [0.29, 0.717) is 11.6 Å². The van der Waals surface area contributed by atoms with Crippen LogP contribution in [0.4, 0.5) is 0 Å². The summed E-state index contributed by atoms with van der Waals surface area (Å²) >= 11 is 6.82. The van der Waals surface area contributed by atoms with Gasteiger partial charge in [0.05, 0.1) is 5.56 Å². The molecule has 1 unspecified atom stereocenters. The van der Waals surface area contributed by atoms with Gasteiger partial charge in [0.2, 0.25) is 0 Å². The molecule has 0 radical (unpaired) electrons. The molecule has 0 heterocycles. The maximum absolute atomic E-state index is 12.2. The Morgan fingerprint density at radius 3 is 2.72 bits per heavy atom. The lowest BCUT2D eigenvalue weighted by Crippen LogP contribution is -2.34. The Kier molecular flexibility index (Phi) is 4.84. The first-order valence-corrected chi connectivity index (χ1v) is 7.94. The Labute approximate surface area is 125 Å². The van der Waals surface area contributed by atoms with E-state index < -0.39 is 0 Å². The van der Waals surface area contributed by atoms with Crippen molar-refractivity contribution in [2.45, 2.75) is 38.6 Å². The van der Waals surface area contributed by atoms with Crippen LogP contribution in [-0.2, 0) is 0 Å². The molecule has 1 aliphatic rings. The topological polar surface area (TPSA) is 29.1 Å². The molecule has 0 aliphatic heterocycles. The first-order chi connectivity index (χ1) is 8.60. The number of carbonyl (C=O) groups excluding carboxylic acids is 1. The lowest BCUT2D eigenvalue weighted by molar-refractivity contribution is 0.0932. The molecular weight excluding hydrogens is 358 g/mol. The SMILES string of the molecule is CCC(CC1CC1)NC(=O)c1ccc(Br)cc1Br. The predicted molar refractivity (Wildman–Crippen MR) is 80.7 cm³/mol. The fourth-order valence-corrected chi connectivity index (χ4v) is 3.25. The van der Waals surface area contributed by atoms with Crippen LogP contribution in [0.25, 0.3) is 0 Å². The van der Waals surface area contributed by atoms with E-state index >= 15 is 0 Å². The molecular formula is C14H17Br2NO. The van der Waals surface area contributed by atoms with Crippen LogP contribution in [0.2, 0.25) is 0 Å². The molecule has 1 atom stereocenters. The molecule has 1 fully saturated rings. The van der Waals surface area contributed by atoms with Gasteiger partial charge in [-0.15, -0.1) is 0 Å². The quantitative estimate of drug-likeness (QED) is 0.806. The highest BCUT2D eigenvalue weighted by Crippen LogP contribution is 2.34. The molecule has 0 saturated heterocycles. The maximum Gasteiger partial charge on any atom is 0.252 e. The summed E-state index contributed by atoms with van der Waals surface area (Å²) in [5.74, 6) is 0.852. The zero-order valence-corrected chi connectivity index (χ0v) is 13.6. The third kappa shape index (κ3) is 3.82. The Morgan fingerprint density at radius 1 is 1.44 bits per heavy atom. The fraction of sp³-hybridized carbons (Fsp3) is 0.500. The normalized spacial score (nSPS) is 16.4. The van der Waals surface area contributed by atoms with Crippen molar-refractivity contribution in [2.75, 3.05) is 0 Å². The summed E-state index contributed by atoms with van der Waals surface area (Å²) in [6.07, 6.45) is 4.77. The Hall–Kier alpha value is -0.350. The third-order valence-corrected chi connectivity index (χ3v) is 4.47. The van der Waals surface area contributed by atoms with Gasteiger partial charge in [-0.3, -0.25) is 4.79 Å². The van der Waals surface area contributed by atoms with E-state index in [4.69, 9.17) is 0 Å². The van der Waals surface area contributed by atoms with Crippen molar-refractivity contribution in [2.24, 2.45) is 5.92 Å². The number of rotatable bonds is 5. The van der Waals surface area contributed by atoms with Gasteiger partial charge in [-0.25, -0.2) is 0 Å². The first kappa shape index (κ1) is 14.1. The van der Waals surface area contributed by atoms with Gasteiger partial charge in [-0.1, -0.05) is 35.7 Å². The van der Waals surface area contributed by atoms with Gasteiger partial charge < -0.3 is 5.32 Å². The monoisotopic (exact) mass is 373 g/mol. The highest BCUT2D eigenvalue weighted by molar-refractivity contribution is 9.11. The minimum absolute atomic E-state index is 0.0156. The summed E-state index contributed by atoms with van der Waals surface area (Å²) in [4.78, 5) is 12.2. The molecule has 1 amide bonds. The molecule has 1 saturated carbocycles. The molecule has 1 aliphatic carbocycles. The van der Waals surface area contributed by atoms with E-state index in [1.54, 1.807) is 0 Å². The fourth-order valence-electron chi connectivity index (χ4n) is 2.02. The summed E-state index contributed by atoms with van der Waals surface area (Å²) in [5.41, 5.74) is 0.701. The van der Waals surface area contributed by atoms with E-state index in [2.05, 4.69) is 44.1 Å². The number of benzene rings is 1. The molecule has 1 aromatic rings. The van der Waals surface area contributed by atoms with Crippen LogP contribution in [0, 0.1) is 5.92 Å². The number of carbonyl (C=O) groups is 1. The molecule has 2 rings (SSSR count). The Morgan fingerprint density at radius 2 is 2.17 bits per heavy atom.